The largest absolute Gasteiger partial charge is 0.309 e. The summed E-state index contributed by atoms with van der Waals surface area (Å²) in [6.45, 7) is 4.96. The summed E-state index contributed by atoms with van der Waals surface area (Å²) in [5.74, 6) is 1.88. The predicted molar refractivity (Wildman–Crippen MR) is 268 cm³/mol. The van der Waals surface area contributed by atoms with Gasteiger partial charge >= 0.3 is 0 Å². The van der Waals surface area contributed by atoms with E-state index in [1.807, 2.05) is 0 Å². The minimum Gasteiger partial charge on any atom is -0.309 e. The molecular formula is C61H62N2. The minimum atomic E-state index is -0.109. The van der Waals surface area contributed by atoms with Crippen molar-refractivity contribution in [3.8, 4) is 16.8 Å². The Labute approximate surface area is 375 Å². The zero-order valence-electron chi connectivity index (χ0n) is 37.5. The summed E-state index contributed by atoms with van der Waals surface area (Å²) < 4.78 is 2.57. The number of aromatic nitrogens is 1. The molecule has 7 aromatic carbocycles. The molecule has 8 aromatic rings. The molecule has 0 saturated heterocycles. The van der Waals surface area contributed by atoms with Gasteiger partial charge in [0.15, 0.2) is 0 Å². The van der Waals surface area contributed by atoms with Gasteiger partial charge in [-0.05, 0) is 143 Å². The van der Waals surface area contributed by atoms with E-state index in [0.717, 1.165) is 0 Å². The Morgan fingerprint density at radius 2 is 0.984 bits per heavy atom. The van der Waals surface area contributed by atoms with Crippen molar-refractivity contribution in [1.82, 2.24) is 4.57 Å². The first-order chi connectivity index (χ1) is 31.0. The third-order valence-corrected chi connectivity index (χ3v) is 16.3. The van der Waals surface area contributed by atoms with Crippen molar-refractivity contribution in [1.29, 1.82) is 0 Å². The third kappa shape index (κ3) is 6.65. The molecule has 0 bridgehead atoms. The van der Waals surface area contributed by atoms with Gasteiger partial charge in [-0.3, -0.25) is 0 Å². The van der Waals surface area contributed by atoms with E-state index < -0.39 is 0 Å². The SMILES string of the molecule is CC1(C)c2cc(C3CCCCC3)ccc2-c2ccc(N(c3ccc4c5ccc(C6CCCCC6)cc5n(-c5ccccc5)c4c3)c3c(C4CCCCC4)ccc4ccccc34)cc21. The van der Waals surface area contributed by atoms with E-state index in [1.54, 1.807) is 5.56 Å². The summed E-state index contributed by atoms with van der Waals surface area (Å²) in [7, 11) is 0. The summed E-state index contributed by atoms with van der Waals surface area (Å²) in [6, 6.07) is 55.0. The van der Waals surface area contributed by atoms with Crippen LogP contribution in [-0.2, 0) is 5.41 Å². The highest BCUT2D eigenvalue weighted by molar-refractivity contribution is 6.11. The van der Waals surface area contributed by atoms with Crippen LogP contribution in [0.4, 0.5) is 17.1 Å². The number of hydrogen-bond donors (Lipinski definition) is 0. The molecule has 0 amide bonds. The number of anilines is 3. The van der Waals surface area contributed by atoms with Crippen LogP contribution in [0.3, 0.4) is 0 Å². The molecule has 316 valence electrons. The van der Waals surface area contributed by atoms with E-state index in [-0.39, 0.29) is 5.41 Å². The van der Waals surface area contributed by atoms with E-state index >= 15 is 0 Å². The summed E-state index contributed by atoms with van der Waals surface area (Å²) >= 11 is 0. The first-order valence-electron chi connectivity index (χ1n) is 24.8. The second-order valence-electron chi connectivity index (χ2n) is 20.4. The Balaban J connectivity index is 1.08. The number of benzene rings is 7. The molecule has 4 aliphatic rings. The molecule has 0 radical (unpaired) electrons. The first kappa shape index (κ1) is 39.0. The maximum absolute atomic E-state index is 2.68. The number of fused-ring (bicyclic) bond motifs is 7. The Morgan fingerprint density at radius 1 is 0.444 bits per heavy atom. The van der Waals surface area contributed by atoms with Crippen LogP contribution in [0.1, 0.15) is 156 Å². The quantitative estimate of drug-likeness (QED) is 0.155. The molecular weight excluding hydrogens is 761 g/mol. The van der Waals surface area contributed by atoms with Gasteiger partial charge in [-0.1, -0.05) is 169 Å². The lowest BCUT2D eigenvalue weighted by Gasteiger charge is -2.34. The lowest BCUT2D eigenvalue weighted by atomic mass is 9.78. The Morgan fingerprint density at radius 3 is 1.70 bits per heavy atom. The molecule has 1 heterocycles. The van der Waals surface area contributed by atoms with Crippen LogP contribution in [0.15, 0.2) is 140 Å². The molecule has 2 heteroatoms. The minimum absolute atomic E-state index is 0.109. The molecule has 63 heavy (non-hydrogen) atoms. The van der Waals surface area contributed by atoms with Crippen LogP contribution in [0.5, 0.6) is 0 Å². The smallest absolute Gasteiger partial charge is 0.0574 e. The van der Waals surface area contributed by atoms with Gasteiger partial charge in [-0.2, -0.15) is 0 Å². The second kappa shape index (κ2) is 15.9. The number of rotatable bonds is 7. The fraction of sp³-hybridized carbons (Fsp3) is 0.344. The molecule has 0 N–H and O–H groups in total. The van der Waals surface area contributed by atoms with Crippen molar-refractivity contribution in [2.24, 2.45) is 0 Å². The molecule has 1 aromatic heterocycles. The van der Waals surface area contributed by atoms with Crippen molar-refractivity contribution >= 4 is 49.6 Å². The molecule has 12 rings (SSSR count). The molecule has 0 spiro atoms. The van der Waals surface area contributed by atoms with Crippen LogP contribution >= 0.6 is 0 Å². The molecule has 2 nitrogen and oxygen atoms in total. The zero-order chi connectivity index (χ0) is 42.1. The highest BCUT2D eigenvalue weighted by Crippen LogP contribution is 2.54. The van der Waals surface area contributed by atoms with Crippen LogP contribution < -0.4 is 4.90 Å². The van der Waals surface area contributed by atoms with Crippen molar-refractivity contribution in [3.63, 3.8) is 0 Å². The lowest BCUT2D eigenvalue weighted by molar-refractivity contribution is 0.443. The average Bonchev–Trinajstić information content (AvgIpc) is 3.79. The molecule has 3 fully saturated rings. The monoisotopic (exact) mass is 822 g/mol. The average molecular weight is 823 g/mol. The van der Waals surface area contributed by atoms with E-state index in [2.05, 4.69) is 163 Å². The van der Waals surface area contributed by atoms with E-state index in [9.17, 15) is 0 Å². The summed E-state index contributed by atoms with van der Waals surface area (Å²) in [4.78, 5) is 2.68. The maximum Gasteiger partial charge on any atom is 0.0574 e. The second-order valence-corrected chi connectivity index (χ2v) is 20.4. The lowest BCUT2D eigenvalue weighted by Crippen LogP contribution is -2.18. The number of hydrogen-bond acceptors (Lipinski definition) is 1. The van der Waals surface area contributed by atoms with Crippen molar-refractivity contribution in [2.75, 3.05) is 4.90 Å². The van der Waals surface area contributed by atoms with Crippen LogP contribution in [0, 0.1) is 0 Å². The van der Waals surface area contributed by atoms with Gasteiger partial charge in [0.25, 0.3) is 0 Å². The van der Waals surface area contributed by atoms with Crippen molar-refractivity contribution in [2.45, 2.75) is 133 Å². The Hall–Kier alpha value is -5.60. The number of nitrogens with zero attached hydrogens (tertiary/aromatic N) is 2. The third-order valence-electron chi connectivity index (χ3n) is 16.3. The van der Waals surface area contributed by atoms with Crippen LogP contribution in [0.25, 0.3) is 49.4 Å². The zero-order valence-corrected chi connectivity index (χ0v) is 37.5. The highest BCUT2D eigenvalue weighted by Gasteiger charge is 2.37. The molecule has 0 unspecified atom stereocenters. The van der Waals surface area contributed by atoms with Crippen LogP contribution in [0.2, 0.25) is 0 Å². The highest BCUT2D eigenvalue weighted by atomic mass is 15.1. The Kier molecular flexibility index (Phi) is 9.84. The summed E-state index contributed by atoms with van der Waals surface area (Å²) in [5.41, 5.74) is 17.8. The summed E-state index contributed by atoms with van der Waals surface area (Å²) in [6.07, 6.45) is 19.9. The van der Waals surface area contributed by atoms with Gasteiger partial charge in [-0.25, -0.2) is 0 Å². The molecule has 0 aliphatic heterocycles. The van der Waals surface area contributed by atoms with Gasteiger partial charge in [0.1, 0.15) is 0 Å². The van der Waals surface area contributed by atoms with Gasteiger partial charge in [0.2, 0.25) is 0 Å². The van der Waals surface area contributed by atoms with Gasteiger partial charge in [-0.15, -0.1) is 0 Å². The first-order valence-corrected chi connectivity index (χ1v) is 24.8. The fourth-order valence-electron chi connectivity index (χ4n) is 13.0. The fourth-order valence-corrected chi connectivity index (χ4v) is 13.0. The topological polar surface area (TPSA) is 8.17 Å². The number of para-hydroxylation sites is 1. The summed E-state index contributed by atoms with van der Waals surface area (Å²) in [5, 5.41) is 5.29. The van der Waals surface area contributed by atoms with Gasteiger partial charge in [0, 0.05) is 38.6 Å². The van der Waals surface area contributed by atoms with Crippen molar-refractivity contribution < 1.29 is 0 Å². The van der Waals surface area contributed by atoms with E-state index in [4.69, 9.17) is 0 Å². The standard InChI is InChI=1S/C61H62N2/c1-61(2)56-37-45(41-17-7-3-8-18-41)28-33-52(56)53-35-30-48(39-57(53)61)62(60-50-26-16-15-23-44(50)27-32-51(60)43-21-11-5-12-22-43)49-31-36-55-54-34-29-46(42-19-9-4-10-20-42)38-58(54)63(59(55)40-49)47-24-13-6-14-25-47/h6,13-16,23-43H,3-5,7-12,17-22H2,1-2H3. The van der Waals surface area contributed by atoms with Crippen molar-refractivity contribution in [3.05, 3.63) is 167 Å². The molecule has 3 saturated carbocycles. The van der Waals surface area contributed by atoms with Gasteiger partial charge < -0.3 is 9.47 Å². The normalized spacial score (nSPS) is 18.3. The molecule has 0 atom stereocenters. The van der Waals surface area contributed by atoms with Gasteiger partial charge in [0.05, 0.1) is 16.7 Å². The Bertz CT molecular complexity index is 2980. The van der Waals surface area contributed by atoms with E-state index in [1.165, 1.54) is 185 Å². The van der Waals surface area contributed by atoms with Crippen LogP contribution in [-0.4, -0.2) is 4.57 Å². The van der Waals surface area contributed by atoms with E-state index in [0.29, 0.717) is 17.8 Å². The maximum atomic E-state index is 2.68. The molecule has 4 aliphatic carbocycles. The predicted octanol–water partition coefficient (Wildman–Crippen LogP) is 17.9.